The summed E-state index contributed by atoms with van der Waals surface area (Å²) in [5.74, 6) is -0.220. The molecule has 0 aliphatic rings. The zero-order chi connectivity index (χ0) is 15.4. The van der Waals surface area contributed by atoms with Crippen molar-refractivity contribution in [3.05, 3.63) is 40.7 Å². The maximum atomic E-state index is 12.0. The number of aliphatic hydroxyl groups is 1. The van der Waals surface area contributed by atoms with Crippen LogP contribution >= 0.6 is 11.6 Å². The third-order valence-electron chi connectivity index (χ3n) is 3.05. The van der Waals surface area contributed by atoms with Gasteiger partial charge < -0.3 is 10.4 Å². The molecule has 2 rings (SSSR count). The Labute approximate surface area is 127 Å². The number of aromatic nitrogens is 3. The van der Waals surface area contributed by atoms with Gasteiger partial charge >= 0.3 is 0 Å². The van der Waals surface area contributed by atoms with Crippen LogP contribution in [0.4, 0.5) is 5.69 Å². The van der Waals surface area contributed by atoms with Crippen LogP contribution in [-0.2, 0) is 11.3 Å². The van der Waals surface area contributed by atoms with Crippen molar-refractivity contribution in [3.8, 4) is 0 Å². The smallest absolute Gasteiger partial charge is 0.246 e. The van der Waals surface area contributed by atoms with E-state index in [0.717, 1.165) is 5.56 Å². The minimum absolute atomic E-state index is 0.0332. The number of amides is 1. The first-order valence-corrected chi connectivity index (χ1v) is 7.01. The Morgan fingerprint density at radius 2 is 2.29 bits per heavy atom. The zero-order valence-electron chi connectivity index (χ0n) is 11.9. The van der Waals surface area contributed by atoms with Gasteiger partial charge in [0.15, 0.2) is 0 Å². The third kappa shape index (κ3) is 4.03. The monoisotopic (exact) mass is 308 g/mol. The summed E-state index contributed by atoms with van der Waals surface area (Å²) < 4.78 is 1.40. The van der Waals surface area contributed by atoms with Crippen LogP contribution in [0.25, 0.3) is 0 Å². The molecule has 1 amide bonds. The highest BCUT2D eigenvalue weighted by Crippen LogP contribution is 2.19. The predicted octanol–water partition coefficient (Wildman–Crippen LogP) is 2.32. The average molecular weight is 309 g/mol. The van der Waals surface area contributed by atoms with Crippen LogP contribution in [0.1, 0.15) is 30.7 Å². The lowest BCUT2D eigenvalue weighted by atomic mass is 10.2. The molecule has 1 aromatic heterocycles. The van der Waals surface area contributed by atoms with E-state index in [0.29, 0.717) is 22.8 Å². The lowest BCUT2D eigenvalue weighted by Crippen LogP contribution is -2.19. The van der Waals surface area contributed by atoms with E-state index in [-0.39, 0.29) is 12.5 Å². The van der Waals surface area contributed by atoms with Gasteiger partial charge in [-0.2, -0.15) is 0 Å². The molecule has 0 fully saturated rings. The van der Waals surface area contributed by atoms with Crippen molar-refractivity contribution >= 4 is 23.2 Å². The van der Waals surface area contributed by atoms with E-state index in [9.17, 15) is 9.90 Å². The van der Waals surface area contributed by atoms with Crippen LogP contribution in [-0.4, -0.2) is 26.0 Å². The topological polar surface area (TPSA) is 80.0 Å². The number of anilines is 1. The lowest BCUT2D eigenvalue weighted by molar-refractivity contribution is -0.116. The molecular weight excluding hydrogens is 292 g/mol. The van der Waals surface area contributed by atoms with Crippen LogP contribution in [0.2, 0.25) is 5.02 Å². The van der Waals surface area contributed by atoms with Crippen molar-refractivity contribution in [2.75, 3.05) is 5.32 Å². The first-order valence-electron chi connectivity index (χ1n) is 6.63. The van der Waals surface area contributed by atoms with Crippen LogP contribution < -0.4 is 5.32 Å². The largest absolute Gasteiger partial charge is 0.387 e. The molecule has 1 unspecified atom stereocenters. The Hall–Kier alpha value is -1.92. The summed E-state index contributed by atoms with van der Waals surface area (Å²) in [7, 11) is 0. The maximum Gasteiger partial charge on any atom is 0.246 e. The molecule has 7 heteroatoms. The average Bonchev–Trinajstić information content (AvgIpc) is 2.89. The van der Waals surface area contributed by atoms with E-state index in [1.54, 1.807) is 24.4 Å². The molecule has 1 heterocycles. The fourth-order valence-corrected chi connectivity index (χ4v) is 2.08. The maximum absolute atomic E-state index is 12.0. The Balaban J connectivity index is 2.00. The quantitative estimate of drug-likeness (QED) is 0.888. The summed E-state index contributed by atoms with van der Waals surface area (Å²) in [6, 6.07) is 5.25. The minimum atomic E-state index is -0.652. The van der Waals surface area contributed by atoms with Gasteiger partial charge in [0, 0.05) is 10.7 Å². The highest BCUT2D eigenvalue weighted by atomic mass is 35.5. The Kier molecular flexibility index (Phi) is 4.93. The number of benzene rings is 1. The summed E-state index contributed by atoms with van der Waals surface area (Å²) in [4.78, 5) is 12.0. The summed E-state index contributed by atoms with van der Waals surface area (Å²) in [5.41, 5.74) is 2.06. The molecule has 0 saturated carbocycles. The Bertz CT molecular complexity index is 642. The molecule has 21 heavy (non-hydrogen) atoms. The second-order valence-corrected chi connectivity index (χ2v) is 5.21. The van der Waals surface area contributed by atoms with Crippen molar-refractivity contribution in [2.24, 2.45) is 0 Å². The molecule has 0 spiro atoms. The van der Waals surface area contributed by atoms with Gasteiger partial charge in [-0.05, 0) is 37.1 Å². The van der Waals surface area contributed by atoms with Crippen molar-refractivity contribution in [3.63, 3.8) is 0 Å². The molecule has 112 valence electrons. The van der Waals surface area contributed by atoms with Gasteiger partial charge in [0.1, 0.15) is 12.2 Å². The SMILES string of the molecule is CCC(O)c1cn(CC(=O)Nc2ccc(Cl)cc2C)nn1. The second kappa shape index (κ2) is 6.69. The number of aryl methyl sites for hydroxylation is 1. The number of hydrogen-bond donors (Lipinski definition) is 2. The van der Waals surface area contributed by atoms with Crippen LogP contribution in [0.5, 0.6) is 0 Å². The van der Waals surface area contributed by atoms with Gasteiger partial charge in [-0.15, -0.1) is 5.10 Å². The van der Waals surface area contributed by atoms with Crippen molar-refractivity contribution in [1.29, 1.82) is 0 Å². The first-order chi connectivity index (χ1) is 9.99. The third-order valence-corrected chi connectivity index (χ3v) is 3.29. The van der Waals surface area contributed by atoms with Gasteiger partial charge in [-0.1, -0.05) is 23.7 Å². The predicted molar refractivity (Wildman–Crippen MR) is 80.1 cm³/mol. The number of aliphatic hydroxyl groups excluding tert-OH is 1. The number of nitrogens with one attached hydrogen (secondary N) is 1. The normalized spacial score (nSPS) is 12.2. The van der Waals surface area contributed by atoms with Crippen LogP contribution in [0.3, 0.4) is 0 Å². The molecule has 0 aliphatic heterocycles. The summed E-state index contributed by atoms with van der Waals surface area (Å²) in [6.07, 6.45) is 1.47. The Morgan fingerprint density at radius 3 is 2.95 bits per heavy atom. The van der Waals surface area contributed by atoms with Gasteiger partial charge in [0.25, 0.3) is 0 Å². The van der Waals surface area contributed by atoms with E-state index in [4.69, 9.17) is 11.6 Å². The number of halogens is 1. The van der Waals surface area contributed by atoms with E-state index in [1.165, 1.54) is 4.68 Å². The fraction of sp³-hybridized carbons (Fsp3) is 0.357. The molecule has 1 aromatic carbocycles. The lowest BCUT2D eigenvalue weighted by Gasteiger charge is -2.08. The van der Waals surface area contributed by atoms with Crippen LogP contribution in [0, 0.1) is 6.92 Å². The summed E-state index contributed by atoms with van der Waals surface area (Å²) in [5, 5.41) is 20.7. The zero-order valence-corrected chi connectivity index (χ0v) is 12.6. The van der Waals surface area contributed by atoms with Crippen molar-refractivity contribution in [1.82, 2.24) is 15.0 Å². The Morgan fingerprint density at radius 1 is 1.52 bits per heavy atom. The van der Waals surface area contributed by atoms with Crippen LogP contribution in [0.15, 0.2) is 24.4 Å². The van der Waals surface area contributed by atoms with Crippen molar-refractivity contribution in [2.45, 2.75) is 32.9 Å². The van der Waals surface area contributed by atoms with Gasteiger partial charge in [-0.3, -0.25) is 4.79 Å². The standard InChI is InChI=1S/C14H17ClN4O2/c1-3-13(20)12-7-19(18-17-12)8-14(21)16-11-5-4-10(15)6-9(11)2/h4-7,13,20H,3,8H2,1-2H3,(H,16,21). The van der Waals surface area contributed by atoms with E-state index < -0.39 is 6.10 Å². The summed E-state index contributed by atoms with van der Waals surface area (Å²) in [6.45, 7) is 3.75. The molecule has 2 N–H and O–H groups in total. The van der Waals surface area contributed by atoms with Gasteiger partial charge in [0.05, 0.1) is 12.3 Å². The number of carbonyl (C=O) groups excluding carboxylic acids is 1. The molecular formula is C14H17ClN4O2. The van der Waals surface area contributed by atoms with E-state index in [1.807, 2.05) is 13.8 Å². The molecule has 0 saturated heterocycles. The van der Waals surface area contributed by atoms with Gasteiger partial charge in [0.2, 0.25) is 5.91 Å². The summed E-state index contributed by atoms with van der Waals surface area (Å²) >= 11 is 5.87. The molecule has 2 aromatic rings. The van der Waals surface area contributed by atoms with Crippen molar-refractivity contribution < 1.29 is 9.90 Å². The minimum Gasteiger partial charge on any atom is -0.387 e. The molecule has 1 atom stereocenters. The van der Waals surface area contributed by atoms with Gasteiger partial charge in [-0.25, -0.2) is 4.68 Å². The molecule has 0 bridgehead atoms. The molecule has 6 nitrogen and oxygen atoms in total. The van der Waals surface area contributed by atoms with E-state index >= 15 is 0 Å². The van der Waals surface area contributed by atoms with E-state index in [2.05, 4.69) is 15.6 Å². The fourth-order valence-electron chi connectivity index (χ4n) is 1.86. The number of carbonyl (C=O) groups is 1. The highest BCUT2D eigenvalue weighted by molar-refractivity contribution is 6.30. The first kappa shape index (κ1) is 15.5. The second-order valence-electron chi connectivity index (χ2n) is 4.77. The number of hydrogen-bond acceptors (Lipinski definition) is 4. The number of nitrogens with zero attached hydrogens (tertiary/aromatic N) is 3. The molecule has 0 aliphatic carbocycles. The molecule has 0 radical (unpaired) electrons. The highest BCUT2D eigenvalue weighted by Gasteiger charge is 2.12. The number of rotatable bonds is 5.